The first kappa shape index (κ1) is 18.6. The lowest BCUT2D eigenvalue weighted by molar-refractivity contribution is -0.142. The molecule has 8 nitrogen and oxygen atoms in total. The third-order valence-electron chi connectivity index (χ3n) is 2.91. The summed E-state index contributed by atoms with van der Waals surface area (Å²) in [5.74, 6) is -6.04. The Hall–Kier alpha value is -1.40. The van der Waals surface area contributed by atoms with Crippen LogP contribution in [0.4, 0.5) is 0 Å². The molecule has 0 saturated carbocycles. The summed E-state index contributed by atoms with van der Waals surface area (Å²) in [6.45, 7) is 1.55. The van der Waals surface area contributed by atoms with Crippen LogP contribution in [-0.2, 0) is 18.9 Å². The fourth-order valence-corrected chi connectivity index (χ4v) is 4.02. The van der Waals surface area contributed by atoms with Gasteiger partial charge in [-0.3, -0.25) is 18.9 Å². The minimum atomic E-state index is -3.94. The van der Waals surface area contributed by atoms with E-state index in [1.54, 1.807) is 6.92 Å². The van der Waals surface area contributed by atoms with E-state index in [0.717, 1.165) is 0 Å². The Labute approximate surface area is 115 Å². The first-order valence-electron chi connectivity index (χ1n) is 6.07. The molecule has 116 valence electrons. The Morgan fingerprint density at radius 1 is 1.00 bits per heavy atom. The van der Waals surface area contributed by atoms with Crippen molar-refractivity contribution >= 4 is 25.3 Å². The van der Waals surface area contributed by atoms with Crippen LogP contribution in [0.5, 0.6) is 0 Å². The van der Waals surface area contributed by atoms with E-state index in [9.17, 15) is 23.8 Å². The predicted molar refractivity (Wildman–Crippen MR) is 69.0 cm³/mol. The van der Waals surface area contributed by atoms with Crippen LogP contribution in [0, 0.1) is 11.8 Å². The molecule has 0 amide bonds. The lowest BCUT2D eigenvalue weighted by Crippen LogP contribution is -2.23. The van der Waals surface area contributed by atoms with Crippen molar-refractivity contribution in [3.8, 4) is 0 Å². The maximum absolute atomic E-state index is 11.9. The van der Waals surface area contributed by atoms with Crippen LogP contribution in [0.25, 0.3) is 0 Å². The molecule has 0 spiro atoms. The molecule has 0 aliphatic heterocycles. The van der Waals surface area contributed by atoms with Crippen molar-refractivity contribution in [3.05, 3.63) is 0 Å². The van der Waals surface area contributed by atoms with Crippen molar-refractivity contribution in [2.75, 3.05) is 12.3 Å². The van der Waals surface area contributed by atoms with E-state index >= 15 is 0 Å². The zero-order valence-electron chi connectivity index (χ0n) is 11.1. The number of carboxylic acid groups (broad SMARTS) is 3. The first-order valence-corrected chi connectivity index (χ1v) is 8.10. The van der Waals surface area contributed by atoms with E-state index in [1.807, 2.05) is 0 Å². The summed E-state index contributed by atoms with van der Waals surface area (Å²) >= 11 is 0. The van der Waals surface area contributed by atoms with E-state index in [4.69, 9.17) is 15.3 Å². The second kappa shape index (κ2) is 8.01. The SMILES string of the molecule is CCC(CP(=O)(O)CC(CCC(=O)O)C(=O)O)C(=O)O. The molecule has 0 aromatic rings. The van der Waals surface area contributed by atoms with Crippen molar-refractivity contribution in [2.45, 2.75) is 26.2 Å². The van der Waals surface area contributed by atoms with Gasteiger partial charge in [0.15, 0.2) is 0 Å². The van der Waals surface area contributed by atoms with Gasteiger partial charge in [-0.2, -0.15) is 0 Å². The molecule has 0 aliphatic rings. The highest BCUT2D eigenvalue weighted by atomic mass is 31.2. The van der Waals surface area contributed by atoms with Gasteiger partial charge in [0.25, 0.3) is 0 Å². The molecule has 0 saturated heterocycles. The number of hydrogen-bond donors (Lipinski definition) is 4. The fraction of sp³-hybridized carbons (Fsp3) is 0.727. The number of carbonyl (C=O) groups is 3. The van der Waals surface area contributed by atoms with Crippen LogP contribution in [0.15, 0.2) is 0 Å². The second-order valence-electron chi connectivity index (χ2n) is 4.62. The van der Waals surface area contributed by atoms with Crippen LogP contribution >= 0.6 is 7.37 Å². The number of aliphatic carboxylic acids is 3. The fourth-order valence-electron chi connectivity index (χ4n) is 1.74. The third-order valence-corrected chi connectivity index (χ3v) is 4.93. The van der Waals surface area contributed by atoms with E-state index in [0.29, 0.717) is 0 Å². The topological polar surface area (TPSA) is 149 Å². The minimum Gasteiger partial charge on any atom is -0.481 e. The summed E-state index contributed by atoms with van der Waals surface area (Å²) in [5, 5.41) is 26.2. The molecule has 0 heterocycles. The van der Waals surface area contributed by atoms with Gasteiger partial charge in [-0.15, -0.1) is 0 Å². The lowest BCUT2D eigenvalue weighted by Gasteiger charge is -2.19. The summed E-state index contributed by atoms with van der Waals surface area (Å²) in [4.78, 5) is 41.9. The quantitative estimate of drug-likeness (QED) is 0.435. The van der Waals surface area contributed by atoms with E-state index in [1.165, 1.54) is 0 Å². The molecule has 0 rings (SSSR count). The molecule has 0 radical (unpaired) electrons. The highest BCUT2D eigenvalue weighted by molar-refractivity contribution is 7.58. The zero-order valence-corrected chi connectivity index (χ0v) is 12.0. The molecule has 3 atom stereocenters. The van der Waals surface area contributed by atoms with Crippen LogP contribution in [0.3, 0.4) is 0 Å². The normalized spacial score (nSPS) is 16.9. The average Bonchev–Trinajstić information content (AvgIpc) is 2.30. The van der Waals surface area contributed by atoms with Crippen LogP contribution in [0.1, 0.15) is 26.2 Å². The molecular weight excluding hydrogens is 291 g/mol. The molecule has 4 N–H and O–H groups in total. The van der Waals surface area contributed by atoms with Gasteiger partial charge in [0, 0.05) is 18.7 Å². The summed E-state index contributed by atoms with van der Waals surface area (Å²) in [5.41, 5.74) is 0. The predicted octanol–water partition coefficient (Wildman–Crippen LogP) is 0.933. The van der Waals surface area contributed by atoms with Gasteiger partial charge in [0.1, 0.15) is 0 Å². The largest absolute Gasteiger partial charge is 0.481 e. The highest BCUT2D eigenvalue weighted by Crippen LogP contribution is 2.45. The smallest absolute Gasteiger partial charge is 0.307 e. The van der Waals surface area contributed by atoms with Crippen molar-refractivity contribution in [1.82, 2.24) is 0 Å². The van der Waals surface area contributed by atoms with Crippen LogP contribution in [0.2, 0.25) is 0 Å². The maximum Gasteiger partial charge on any atom is 0.307 e. The van der Waals surface area contributed by atoms with Crippen molar-refractivity contribution in [3.63, 3.8) is 0 Å². The summed E-state index contributed by atoms with van der Waals surface area (Å²) in [6, 6.07) is 0. The average molecular weight is 310 g/mol. The van der Waals surface area contributed by atoms with E-state index in [2.05, 4.69) is 0 Å². The molecule has 0 fully saturated rings. The monoisotopic (exact) mass is 310 g/mol. The Kier molecular flexibility index (Phi) is 7.45. The molecule has 20 heavy (non-hydrogen) atoms. The minimum absolute atomic E-state index is 0.159. The maximum atomic E-state index is 11.9. The van der Waals surface area contributed by atoms with E-state index in [-0.39, 0.29) is 12.8 Å². The highest BCUT2D eigenvalue weighted by Gasteiger charge is 2.33. The number of hydrogen-bond acceptors (Lipinski definition) is 4. The summed E-state index contributed by atoms with van der Waals surface area (Å²) < 4.78 is 11.9. The Bertz CT molecular complexity index is 419. The molecule has 0 aliphatic carbocycles. The standard InChI is InChI=1S/C11H19O8P/c1-2-7(10(14)15)5-20(18,19)6-8(11(16)17)3-4-9(12)13/h7-8H,2-6H2,1H3,(H,12,13)(H,14,15)(H,16,17)(H,18,19). The van der Waals surface area contributed by atoms with Gasteiger partial charge in [-0.25, -0.2) is 0 Å². The first-order chi connectivity index (χ1) is 9.09. The summed E-state index contributed by atoms with van der Waals surface area (Å²) in [6.07, 6.45) is -1.64. The van der Waals surface area contributed by atoms with Crippen molar-refractivity contribution in [1.29, 1.82) is 0 Å². The van der Waals surface area contributed by atoms with Gasteiger partial charge in [-0.05, 0) is 12.8 Å². The van der Waals surface area contributed by atoms with Crippen molar-refractivity contribution < 1.29 is 39.2 Å². The summed E-state index contributed by atoms with van der Waals surface area (Å²) in [7, 11) is -3.94. The van der Waals surface area contributed by atoms with Gasteiger partial charge < -0.3 is 20.2 Å². The van der Waals surface area contributed by atoms with Crippen molar-refractivity contribution in [2.24, 2.45) is 11.8 Å². The molecular formula is C11H19O8P. The number of rotatable bonds is 10. The Morgan fingerprint density at radius 3 is 1.80 bits per heavy atom. The molecule has 0 aromatic carbocycles. The van der Waals surface area contributed by atoms with Crippen LogP contribution in [-0.4, -0.2) is 50.4 Å². The van der Waals surface area contributed by atoms with Gasteiger partial charge in [0.05, 0.1) is 11.8 Å². The molecule has 0 aromatic heterocycles. The van der Waals surface area contributed by atoms with Gasteiger partial charge >= 0.3 is 17.9 Å². The second-order valence-corrected chi connectivity index (χ2v) is 7.05. The van der Waals surface area contributed by atoms with E-state index < -0.39 is 55.9 Å². The molecule has 9 heteroatoms. The van der Waals surface area contributed by atoms with Crippen LogP contribution < -0.4 is 0 Å². The van der Waals surface area contributed by atoms with Gasteiger partial charge in [0.2, 0.25) is 7.37 Å². The molecule has 3 unspecified atom stereocenters. The Morgan fingerprint density at radius 2 is 1.45 bits per heavy atom. The lowest BCUT2D eigenvalue weighted by atomic mass is 10.1. The Balaban J connectivity index is 4.74. The third kappa shape index (κ3) is 7.25. The molecule has 0 bridgehead atoms. The zero-order chi connectivity index (χ0) is 15.9. The van der Waals surface area contributed by atoms with Gasteiger partial charge in [-0.1, -0.05) is 6.92 Å². The number of carboxylic acids is 3.